The summed E-state index contributed by atoms with van der Waals surface area (Å²) in [6, 6.07) is 7.86. The third-order valence-electron chi connectivity index (χ3n) is 3.80. The van der Waals surface area contributed by atoms with E-state index >= 15 is 0 Å². The number of hydrogen-bond donors (Lipinski definition) is 1. The Balaban J connectivity index is 1.81. The summed E-state index contributed by atoms with van der Waals surface area (Å²) in [6.45, 7) is 10.0. The van der Waals surface area contributed by atoms with Crippen LogP contribution in [0.4, 0.5) is 0 Å². The predicted octanol–water partition coefficient (Wildman–Crippen LogP) is 3.31. The lowest BCUT2D eigenvalue weighted by Crippen LogP contribution is -2.25. The Morgan fingerprint density at radius 1 is 1.23 bits per heavy atom. The highest BCUT2D eigenvalue weighted by molar-refractivity contribution is 5.94. The molecule has 0 saturated heterocycles. The van der Waals surface area contributed by atoms with E-state index in [-0.39, 0.29) is 11.3 Å². The third kappa shape index (κ3) is 4.20. The molecule has 4 heteroatoms. The van der Waals surface area contributed by atoms with Gasteiger partial charge in [-0.15, -0.1) is 0 Å². The lowest BCUT2D eigenvalue weighted by atomic mass is 9.87. The summed E-state index contributed by atoms with van der Waals surface area (Å²) >= 11 is 0. The van der Waals surface area contributed by atoms with Crippen LogP contribution in [0.2, 0.25) is 0 Å². The fourth-order valence-electron chi connectivity index (χ4n) is 2.32. The molecule has 0 bridgehead atoms. The molecule has 0 fully saturated rings. The molecule has 0 radical (unpaired) electrons. The molecule has 0 aliphatic rings. The van der Waals surface area contributed by atoms with Crippen LogP contribution in [0, 0.1) is 6.92 Å². The molecule has 1 heterocycles. The van der Waals surface area contributed by atoms with Crippen LogP contribution in [0.5, 0.6) is 0 Å². The average Bonchev–Trinajstić information content (AvgIpc) is 2.88. The highest BCUT2D eigenvalue weighted by atomic mass is 16.1. The zero-order valence-electron chi connectivity index (χ0n) is 13.9. The zero-order valence-corrected chi connectivity index (χ0v) is 13.9. The van der Waals surface area contributed by atoms with Crippen LogP contribution in [0.1, 0.15) is 48.9 Å². The van der Waals surface area contributed by atoms with Gasteiger partial charge < -0.3 is 9.88 Å². The smallest absolute Gasteiger partial charge is 0.251 e. The molecule has 0 aliphatic carbocycles. The maximum Gasteiger partial charge on any atom is 0.251 e. The normalized spacial score (nSPS) is 11.5. The second-order valence-corrected chi connectivity index (χ2v) is 6.60. The van der Waals surface area contributed by atoms with Gasteiger partial charge in [0.05, 0.1) is 0 Å². The lowest BCUT2D eigenvalue weighted by molar-refractivity contribution is 0.0952. The predicted molar refractivity (Wildman–Crippen MR) is 89.1 cm³/mol. The Morgan fingerprint density at radius 2 is 1.91 bits per heavy atom. The van der Waals surface area contributed by atoms with E-state index in [0.29, 0.717) is 12.1 Å². The molecule has 1 aromatic heterocycles. The van der Waals surface area contributed by atoms with Gasteiger partial charge in [-0.25, -0.2) is 4.98 Å². The highest BCUT2D eigenvalue weighted by Crippen LogP contribution is 2.22. The van der Waals surface area contributed by atoms with Crippen molar-refractivity contribution < 1.29 is 4.79 Å². The molecular weight excluding hydrogens is 274 g/mol. The summed E-state index contributed by atoms with van der Waals surface area (Å²) in [6.07, 6.45) is 4.65. The minimum absolute atomic E-state index is 0.0113. The molecule has 2 rings (SSSR count). The number of aromatic nitrogens is 2. The molecule has 118 valence electrons. The molecular formula is C18H25N3O. The van der Waals surface area contributed by atoms with E-state index in [1.807, 2.05) is 37.4 Å². The van der Waals surface area contributed by atoms with E-state index in [1.54, 1.807) is 6.20 Å². The Labute approximate surface area is 132 Å². The Hall–Kier alpha value is -2.10. The van der Waals surface area contributed by atoms with Crippen LogP contribution in [-0.2, 0) is 12.0 Å². The third-order valence-corrected chi connectivity index (χ3v) is 3.80. The first-order valence-corrected chi connectivity index (χ1v) is 7.74. The minimum atomic E-state index is -0.0113. The summed E-state index contributed by atoms with van der Waals surface area (Å²) in [4.78, 5) is 16.3. The van der Waals surface area contributed by atoms with E-state index < -0.39 is 0 Å². The molecule has 1 N–H and O–H groups in total. The first-order valence-electron chi connectivity index (χ1n) is 7.74. The van der Waals surface area contributed by atoms with Crippen LogP contribution in [0.3, 0.4) is 0 Å². The number of carbonyl (C=O) groups excluding carboxylic acids is 1. The van der Waals surface area contributed by atoms with Gasteiger partial charge in [-0.1, -0.05) is 32.9 Å². The summed E-state index contributed by atoms with van der Waals surface area (Å²) < 4.78 is 2.09. The van der Waals surface area contributed by atoms with Crippen LogP contribution in [-0.4, -0.2) is 22.0 Å². The van der Waals surface area contributed by atoms with Gasteiger partial charge in [0.15, 0.2) is 0 Å². The van der Waals surface area contributed by atoms with Crippen molar-refractivity contribution in [1.82, 2.24) is 14.9 Å². The van der Waals surface area contributed by atoms with Gasteiger partial charge in [-0.2, -0.15) is 0 Å². The molecule has 4 nitrogen and oxygen atoms in total. The molecule has 2 aromatic rings. The number of benzene rings is 1. The van der Waals surface area contributed by atoms with Gasteiger partial charge in [0.1, 0.15) is 5.82 Å². The van der Waals surface area contributed by atoms with Gasteiger partial charge in [0.25, 0.3) is 5.91 Å². The number of nitrogens with one attached hydrogen (secondary N) is 1. The number of aryl methyl sites for hydroxylation is 2. The van der Waals surface area contributed by atoms with Crippen LogP contribution < -0.4 is 5.32 Å². The standard InChI is InChI=1S/C18H25N3O/c1-14-19-11-13-21(14)12-5-10-20-17(22)15-6-8-16(9-7-15)18(2,3)4/h6-9,11,13H,5,10,12H2,1-4H3,(H,20,22). The SMILES string of the molecule is Cc1nccn1CCCNC(=O)c1ccc(C(C)(C)C)cc1. The number of imidazole rings is 1. The van der Waals surface area contributed by atoms with Crippen LogP contribution >= 0.6 is 0 Å². The summed E-state index contributed by atoms with van der Waals surface area (Å²) in [5.41, 5.74) is 2.06. The Morgan fingerprint density at radius 3 is 2.45 bits per heavy atom. The number of carbonyl (C=O) groups is 1. The number of nitrogens with zero attached hydrogens (tertiary/aromatic N) is 2. The first kappa shape index (κ1) is 16.3. The van der Waals surface area contributed by atoms with Crippen molar-refractivity contribution in [3.05, 3.63) is 53.6 Å². The molecule has 0 saturated carbocycles. The molecule has 0 unspecified atom stereocenters. The van der Waals surface area contributed by atoms with Gasteiger partial charge in [-0.3, -0.25) is 4.79 Å². The fraction of sp³-hybridized carbons (Fsp3) is 0.444. The number of hydrogen-bond acceptors (Lipinski definition) is 2. The quantitative estimate of drug-likeness (QED) is 0.861. The molecule has 0 aliphatic heterocycles. The summed E-state index contributed by atoms with van der Waals surface area (Å²) in [5, 5.41) is 2.97. The molecule has 0 atom stereocenters. The second-order valence-electron chi connectivity index (χ2n) is 6.60. The molecule has 0 spiro atoms. The van der Waals surface area contributed by atoms with Crippen molar-refractivity contribution in [2.24, 2.45) is 0 Å². The molecule has 1 aromatic carbocycles. The fourth-order valence-corrected chi connectivity index (χ4v) is 2.32. The molecule has 1 amide bonds. The summed E-state index contributed by atoms with van der Waals surface area (Å²) in [7, 11) is 0. The van der Waals surface area contributed by atoms with E-state index in [9.17, 15) is 4.79 Å². The van der Waals surface area contributed by atoms with Crippen LogP contribution in [0.15, 0.2) is 36.7 Å². The molecule has 22 heavy (non-hydrogen) atoms. The van der Waals surface area contributed by atoms with Gasteiger partial charge in [-0.05, 0) is 36.5 Å². The minimum Gasteiger partial charge on any atom is -0.352 e. The number of amides is 1. The second kappa shape index (κ2) is 6.77. The topological polar surface area (TPSA) is 46.9 Å². The Kier molecular flexibility index (Phi) is 5.01. The largest absolute Gasteiger partial charge is 0.352 e. The van der Waals surface area contributed by atoms with E-state index in [4.69, 9.17) is 0 Å². The van der Waals surface area contributed by atoms with E-state index in [1.165, 1.54) is 5.56 Å². The van der Waals surface area contributed by atoms with Crippen molar-refractivity contribution >= 4 is 5.91 Å². The van der Waals surface area contributed by atoms with Crippen molar-refractivity contribution in [1.29, 1.82) is 0 Å². The van der Waals surface area contributed by atoms with Gasteiger partial charge >= 0.3 is 0 Å². The lowest BCUT2D eigenvalue weighted by Gasteiger charge is -2.19. The monoisotopic (exact) mass is 299 g/mol. The van der Waals surface area contributed by atoms with Gasteiger partial charge in [0.2, 0.25) is 0 Å². The van der Waals surface area contributed by atoms with E-state index in [0.717, 1.165) is 18.8 Å². The average molecular weight is 299 g/mol. The van der Waals surface area contributed by atoms with Crippen molar-refractivity contribution in [3.63, 3.8) is 0 Å². The highest BCUT2D eigenvalue weighted by Gasteiger charge is 2.14. The van der Waals surface area contributed by atoms with Crippen molar-refractivity contribution in [3.8, 4) is 0 Å². The van der Waals surface area contributed by atoms with Crippen molar-refractivity contribution in [2.75, 3.05) is 6.54 Å². The van der Waals surface area contributed by atoms with E-state index in [2.05, 4.69) is 35.6 Å². The summed E-state index contributed by atoms with van der Waals surface area (Å²) in [5.74, 6) is 0.993. The Bertz CT molecular complexity index is 621. The maximum absolute atomic E-state index is 12.1. The van der Waals surface area contributed by atoms with Gasteiger partial charge in [0, 0.05) is 31.0 Å². The van der Waals surface area contributed by atoms with Crippen LogP contribution in [0.25, 0.3) is 0 Å². The maximum atomic E-state index is 12.1. The first-order chi connectivity index (χ1) is 10.4. The number of rotatable bonds is 5. The zero-order chi connectivity index (χ0) is 16.2. The van der Waals surface area contributed by atoms with Crippen molar-refractivity contribution in [2.45, 2.75) is 46.1 Å².